The van der Waals surface area contributed by atoms with Crippen molar-refractivity contribution >= 4 is 39.1 Å². The number of rotatable bonds is 9. The molecule has 0 spiro atoms. The Kier molecular flexibility index (Phi) is 8.69. The molecule has 7 nitrogen and oxygen atoms in total. The summed E-state index contributed by atoms with van der Waals surface area (Å²) in [6.45, 7) is 7.00. The average molecular weight is 480 g/mol. The average Bonchev–Trinajstić information content (AvgIpc) is 2.70. The van der Waals surface area contributed by atoms with Gasteiger partial charge >= 0.3 is 0 Å². The number of sulfonamides is 1. The van der Waals surface area contributed by atoms with Crippen LogP contribution in [0.5, 0.6) is 0 Å². The molecule has 9 heteroatoms. The molecule has 32 heavy (non-hydrogen) atoms. The van der Waals surface area contributed by atoms with Crippen LogP contribution >= 0.6 is 11.6 Å². The molecule has 0 bridgehead atoms. The third kappa shape index (κ3) is 7.24. The van der Waals surface area contributed by atoms with Gasteiger partial charge in [-0.2, -0.15) is 0 Å². The monoisotopic (exact) mass is 479 g/mol. The topological polar surface area (TPSA) is 86.8 Å². The Morgan fingerprint density at radius 3 is 2.06 bits per heavy atom. The van der Waals surface area contributed by atoms with Crippen LogP contribution in [0, 0.1) is 6.92 Å². The van der Waals surface area contributed by atoms with Crippen molar-refractivity contribution in [3.63, 3.8) is 0 Å². The van der Waals surface area contributed by atoms with E-state index in [1.165, 1.54) is 17.0 Å². The molecule has 1 unspecified atom stereocenters. The summed E-state index contributed by atoms with van der Waals surface area (Å²) in [5.74, 6) is -0.796. The van der Waals surface area contributed by atoms with E-state index in [0.29, 0.717) is 10.7 Å². The first-order chi connectivity index (χ1) is 14.9. The van der Waals surface area contributed by atoms with Crippen molar-refractivity contribution in [1.29, 1.82) is 0 Å². The van der Waals surface area contributed by atoms with Gasteiger partial charge in [-0.05, 0) is 57.5 Å². The first-order valence-corrected chi connectivity index (χ1v) is 12.5. The second kappa shape index (κ2) is 10.8. The number of nitrogens with zero attached hydrogens (tertiary/aromatic N) is 2. The first kappa shape index (κ1) is 25.7. The molecule has 1 N–H and O–H groups in total. The third-order valence-electron chi connectivity index (χ3n) is 4.87. The molecule has 0 aromatic heterocycles. The van der Waals surface area contributed by atoms with Crippen molar-refractivity contribution in [3.8, 4) is 0 Å². The number of carbonyl (C=O) groups excluding carboxylic acids is 2. The Hall–Kier alpha value is -2.58. The highest BCUT2D eigenvalue weighted by atomic mass is 35.5. The number of anilines is 1. The Labute approximate surface area is 195 Å². The molecule has 0 radical (unpaired) electrons. The maximum Gasteiger partial charge on any atom is 0.244 e. The Morgan fingerprint density at radius 1 is 1.00 bits per heavy atom. The molecule has 0 saturated carbocycles. The van der Waals surface area contributed by atoms with E-state index in [0.717, 1.165) is 21.7 Å². The summed E-state index contributed by atoms with van der Waals surface area (Å²) >= 11 is 5.92. The van der Waals surface area contributed by atoms with E-state index in [1.807, 2.05) is 45.0 Å². The van der Waals surface area contributed by atoms with Crippen LogP contribution in [0.25, 0.3) is 0 Å². The van der Waals surface area contributed by atoms with Gasteiger partial charge in [0.1, 0.15) is 12.6 Å². The molecule has 0 saturated heterocycles. The number of nitrogens with one attached hydrogen (secondary N) is 1. The Bertz CT molecular complexity index is 1040. The number of hydrogen-bond donors (Lipinski definition) is 1. The van der Waals surface area contributed by atoms with Gasteiger partial charge in [0.25, 0.3) is 0 Å². The van der Waals surface area contributed by atoms with Gasteiger partial charge in [0.15, 0.2) is 0 Å². The lowest BCUT2D eigenvalue weighted by molar-refractivity contribution is -0.139. The first-order valence-electron chi connectivity index (χ1n) is 10.3. The van der Waals surface area contributed by atoms with E-state index in [-0.39, 0.29) is 18.5 Å². The van der Waals surface area contributed by atoms with E-state index >= 15 is 0 Å². The second-order valence-corrected chi connectivity index (χ2v) is 10.4. The minimum atomic E-state index is -3.76. The van der Waals surface area contributed by atoms with Crippen molar-refractivity contribution in [3.05, 3.63) is 64.7 Å². The molecular weight excluding hydrogens is 450 g/mol. The van der Waals surface area contributed by atoms with Gasteiger partial charge in [0, 0.05) is 17.6 Å². The highest BCUT2D eigenvalue weighted by Gasteiger charge is 2.30. The molecule has 0 aliphatic heterocycles. The van der Waals surface area contributed by atoms with Crippen LogP contribution in [-0.2, 0) is 26.2 Å². The van der Waals surface area contributed by atoms with Crippen molar-refractivity contribution in [2.45, 2.75) is 46.3 Å². The number of halogens is 1. The molecule has 0 aliphatic rings. The summed E-state index contributed by atoms with van der Waals surface area (Å²) in [5, 5.41) is 3.27. The normalized spacial score (nSPS) is 12.3. The van der Waals surface area contributed by atoms with Crippen LogP contribution in [0.1, 0.15) is 31.9 Å². The highest BCUT2D eigenvalue weighted by molar-refractivity contribution is 7.92. The summed E-state index contributed by atoms with van der Waals surface area (Å²) in [4.78, 5) is 27.4. The number of benzene rings is 2. The number of aryl methyl sites for hydroxylation is 1. The van der Waals surface area contributed by atoms with Crippen LogP contribution in [0.2, 0.25) is 5.02 Å². The zero-order chi connectivity index (χ0) is 24.1. The van der Waals surface area contributed by atoms with Crippen molar-refractivity contribution in [1.82, 2.24) is 10.2 Å². The van der Waals surface area contributed by atoms with E-state index < -0.39 is 28.5 Å². The third-order valence-corrected chi connectivity index (χ3v) is 6.26. The molecule has 174 valence electrons. The number of hydrogen-bond acceptors (Lipinski definition) is 4. The Morgan fingerprint density at radius 2 is 1.56 bits per heavy atom. The van der Waals surface area contributed by atoms with Crippen LogP contribution in [0.3, 0.4) is 0 Å². The van der Waals surface area contributed by atoms with Crippen molar-refractivity contribution < 1.29 is 18.0 Å². The lowest BCUT2D eigenvalue weighted by Gasteiger charge is -2.32. The van der Waals surface area contributed by atoms with E-state index in [9.17, 15) is 18.0 Å². The van der Waals surface area contributed by atoms with Gasteiger partial charge in [0.05, 0.1) is 11.9 Å². The predicted octanol–water partition coefficient (Wildman–Crippen LogP) is 3.36. The predicted molar refractivity (Wildman–Crippen MR) is 128 cm³/mol. The summed E-state index contributed by atoms with van der Waals surface area (Å²) in [6, 6.07) is 12.9. The highest BCUT2D eigenvalue weighted by Crippen LogP contribution is 2.21. The standard InChI is InChI=1S/C23H30ClN3O4S/c1-16(2)25-23(29)18(4)26(14-19-8-6-17(3)7-9-19)22(28)15-27(32(5,30)31)21-12-10-20(24)11-13-21/h6-13,16,18H,14-15H2,1-5H3,(H,25,29). The lowest BCUT2D eigenvalue weighted by atomic mass is 10.1. The molecule has 1 atom stereocenters. The van der Waals surface area contributed by atoms with E-state index in [2.05, 4.69) is 5.32 Å². The molecule has 2 amide bonds. The molecule has 0 fully saturated rings. The fourth-order valence-corrected chi connectivity index (χ4v) is 4.07. The van der Waals surface area contributed by atoms with Crippen LogP contribution < -0.4 is 9.62 Å². The molecule has 0 heterocycles. The van der Waals surface area contributed by atoms with Crippen LogP contribution in [0.4, 0.5) is 5.69 Å². The van der Waals surface area contributed by atoms with Gasteiger partial charge in [-0.3, -0.25) is 13.9 Å². The maximum atomic E-state index is 13.4. The van der Waals surface area contributed by atoms with Crippen molar-refractivity contribution in [2.24, 2.45) is 0 Å². The van der Waals surface area contributed by atoms with Gasteiger partial charge in [-0.15, -0.1) is 0 Å². The zero-order valence-corrected chi connectivity index (χ0v) is 20.6. The number of carbonyl (C=O) groups is 2. The van der Waals surface area contributed by atoms with Gasteiger partial charge in [-0.1, -0.05) is 41.4 Å². The van der Waals surface area contributed by atoms with Crippen molar-refractivity contribution in [2.75, 3.05) is 17.1 Å². The summed E-state index contributed by atoms with van der Waals surface area (Å²) in [5.41, 5.74) is 2.23. The molecule has 0 aliphatic carbocycles. The summed E-state index contributed by atoms with van der Waals surface area (Å²) in [6.07, 6.45) is 1.04. The quantitative estimate of drug-likeness (QED) is 0.597. The molecule has 2 rings (SSSR count). The summed E-state index contributed by atoms with van der Waals surface area (Å²) < 4.78 is 25.9. The van der Waals surface area contributed by atoms with E-state index in [1.54, 1.807) is 19.1 Å². The summed E-state index contributed by atoms with van der Waals surface area (Å²) in [7, 11) is -3.76. The molecular formula is C23H30ClN3O4S. The van der Waals surface area contributed by atoms with Gasteiger partial charge < -0.3 is 10.2 Å². The van der Waals surface area contributed by atoms with Gasteiger partial charge in [-0.25, -0.2) is 8.42 Å². The molecule has 2 aromatic rings. The largest absolute Gasteiger partial charge is 0.352 e. The van der Waals surface area contributed by atoms with Gasteiger partial charge in [0.2, 0.25) is 21.8 Å². The fraction of sp³-hybridized carbons (Fsp3) is 0.391. The SMILES string of the molecule is Cc1ccc(CN(C(=O)CN(c2ccc(Cl)cc2)S(C)(=O)=O)C(C)C(=O)NC(C)C)cc1. The fourth-order valence-electron chi connectivity index (χ4n) is 3.10. The maximum absolute atomic E-state index is 13.4. The number of amides is 2. The Balaban J connectivity index is 2.36. The second-order valence-electron chi connectivity index (χ2n) is 8.09. The zero-order valence-electron chi connectivity index (χ0n) is 19.0. The van der Waals surface area contributed by atoms with E-state index in [4.69, 9.17) is 11.6 Å². The minimum absolute atomic E-state index is 0.0946. The minimum Gasteiger partial charge on any atom is -0.352 e. The smallest absolute Gasteiger partial charge is 0.244 e. The lowest BCUT2D eigenvalue weighted by Crippen LogP contribution is -2.52. The van der Waals surface area contributed by atoms with Crippen LogP contribution in [0.15, 0.2) is 48.5 Å². The van der Waals surface area contributed by atoms with Crippen LogP contribution in [-0.4, -0.2) is 50.0 Å². The molecule has 2 aromatic carbocycles.